The van der Waals surface area contributed by atoms with Crippen molar-refractivity contribution < 1.29 is 26.3 Å². The Morgan fingerprint density at radius 1 is 1.20 bits per heavy atom. The first-order valence-corrected chi connectivity index (χ1v) is 9.23. The van der Waals surface area contributed by atoms with E-state index < -0.39 is 33.7 Å². The van der Waals surface area contributed by atoms with E-state index in [1.54, 1.807) is 0 Å². The van der Waals surface area contributed by atoms with Gasteiger partial charge in [0.25, 0.3) is 0 Å². The number of ether oxygens (including phenoxy) is 1. The lowest BCUT2D eigenvalue weighted by Crippen LogP contribution is -2.49. The molecule has 0 aromatic heterocycles. The lowest BCUT2D eigenvalue weighted by Gasteiger charge is -2.28. The fourth-order valence-corrected chi connectivity index (χ4v) is 3.92. The van der Waals surface area contributed by atoms with E-state index in [1.165, 1.54) is 0 Å². The lowest BCUT2D eigenvalue weighted by molar-refractivity contribution is -0.0522. The highest BCUT2D eigenvalue weighted by atomic mass is 35.5. The molecule has 25 heavy (non-hydrogen) atoms. The summed E-state index contributed by atoms with van der Waals surface area (Å²) in [5.74, 6) is -1.88. The molecule has 10 heteroatoms. The van der Waals surface area contributed by atoms with E-state index >= 15 is 0 Å². The summed E-state index contributed by atoms with van der Waals surface area (Å²) in [5.41, 5.74) is 5.62. The number of alkyl halides is 2. The largest absolute Gasteiger partial charge is 0.432 e. The topological polar surface area (TPSA) is 81.4 Å². The highest BCUT2D eigenvalue weighted by molar-refractivity contribution is 7.89. The molecular weight excluding hydrogens is 381 g/mol. The van der Waals surface area contributed by atoms with E-state index in [9.17, 15) is 21.6 Å². The van der Waals surface area contributed by atoms with Crippen LogP contribution in [0.3, 0.4) is 0 Å². The molecule has 0 bridgehead atoms. The summed E-state index contributed by atoms with van der Waals surface area (Å²) in [4.78, 5) is -0.362. The number of benzene rings is 1. The molecule has 144 valence electrons. The van der Waals surface area contributed by atoms with Crippen molar-refractivity contribution in [3.8, 4) is 5.75 Å². The van der Waals surface area contributed by atoms with Gasteiger partial charge in [-0.2, -0.15) is 8.78 Å². The molecule has 2 rings (SSSR count). The number of sulfonamides is 1. The molecule has 0 radical (unpaired) electrons. The smallest absolute Gasteiger partial charge is 0.387 e. The van der Waals surface area contributed by atoms with Crippen molar-refractivity contribution in [1.82, 2.24) is 4.72 Å². The van der Waals surface area contributed by atoms with Crippen LogP contribution in [0, 0.1) is 5.82 Å². The van der Waals surface area contributed by atoms with Gasteiger partial charge in [-0.15, -0.1) is 12.4 Å². The summed E-state index contributed by atoms with van der Waals surface area (Å²) in [5, 5.41) is 0. The van der Waals surface area contributed by atoms with Crippen molar-refractivity contribution in [2.24, 2.45) is 5.73 Å². The van der Waals surface area contributed by atoms with Crippen LogP contribution < -0.4 is 15.2 Å². The van der Waals surface area contributed by atoms with Crippen molar-refractivity contribution in [3.63, 3.8) is 0 Å². The Morgan fingerprint density at radius 2 is 1.80 bits per heavy atom. The first kappa shape index (κ1) is 22.0. The zero-order chi connectivity index (χ0) is 17.8. The average Bonchev–Trinajstić information content (AvgIpc) is 2.72. The fraction of sp³-hybridized carbons (Fsp3) is 0.600. The number of rotatable bonds is 6. The highest BCUT2D eigenvalue weighted by Crippen LogP contribution is 2.26. The summed E-state index contributed by atoms with van der Waals surface area (Å²) in [7, 11) is -3.99. The van der Waals surface area contributed by atoms with Crippen LogP contribution in [-0.4, -0.2) is 27.1 Å². The van der Waals surface area contributed by atoms with Gasteiger partial charge in [0.05, 0.1) is 4.90 Å². The predicted molar refractivity (Wildman–Crippen MR) is 90.1 cm³/mol. The molecule has 0 spiro atoms. The van der Waals surface area contributed by atoms with Gasteiger partial charge in [-0.1, -0.05) is 25.7 Å². The summed E-state index contributed by atoms with van der Waals surface area (Å²) in [6, 6.07) is 2.52. The van der Waals surface area contributed by atoms with Gasteiger partial charge in [0.1, 0.15) is 0 Å². The molecule has 0 amide bonds. The van der Waals surface area contributed by atoms with Crippen molar-refractivity contribution in [3.05, 3.63) is 24.0 Å². The maximum absolute atomic E-state index is 13.7. The predicted octanol–water partition coefficient (Wildman–Crippen LogP) is 3.18. The van der Waals surface area contributed by atoms with E-state index in [-0.39, 0.29) is 23.8 Å². The van der Waals surface area contributed by atoms with Crippen LogP contribution in [0.25, 0.3) is 0 Å². The Labute approximate surface area is 151 Å². The van der Waals surface area contributed by atoms with Crippen LogP contribution >= 0.6 is 12.4 Å². The van der Waals surface area contributed by atoms with Crippen molar-refractivity contribution >= 4 is 22.4 Å². The Hall–Kier alpha value is -1.03. The van der Waals surface area contributed by atoms with Gasteiger partial charge in [0.15, 0.2) is 11.6 Å². The SMILES string of the molecule is Cl.NC1(CNS(=O)(=O)c2ccc(OC(F)F)c(F)c2)CCCCCC1. The van der Waals surface area contributed by atoms with Gasteiger partial charge in [-0.05, 0) is 31.0 Å². The van der Waals surface area contributed by atoms with Gasteiger partial charge in [-0.25, -0.2) is 17.5 Å². The zero-order valence-corrected chi connectivity index (χ0v) is 15.1. The minimum absolute atomic E-state index is 0. The molecule has 1 aliphatic carbocycles. The van der Waals surface area contributed by atoms with Gasteiger partial charge in [0, 0.05) is 12.1 Å². The Morgan fingerprint density at radius 3 is 2.32 bits per heavy atom. The molecule has 1 aromatic carbocycles. The van der Waals surface area contributed by atoms with Crippen LogP contribution in [0.4, 0.5) is 13.2 Å². The second kappa shape index (κ2) is 9.07. The second-order valence-electron chi connectivity index (χ2n) is 6.07. The molecule has 5 nitrogen and oxygen atoms in total. The van der Waals surface area contributed by atoms with Crippen LogP contribution in [-0.2, 0) is 10.0 Å². The number of hydrogen-bond donors (Lipinski definition) is 2. The number of nitrogens with two attached hydrogens (primary N) is 1. The van der Waals surface area contributed by atoms with Crippen molar-refractivity contribution in [1.29, 1.82) is 0 Å². The third kappa shape index (κ3) is 6.32. The quantitative estimate of drug-likeness (QED) is 0.716. The zero-order valence-electron chi connectivity index (χ0n) is 13.5. The monoisotopic (exact) mass is 402 g/mol. The molecule has 3 N–H and O–H groups in total. The van der Waals surface area contributed by atoms with Crippen LogP contribution in [0.5, 0.6) is 5.75 Å². The second-order valence-corrected chi connectivity index (χ2v) is 7.84. The molecule has 1 saturated carbocycles. The van der Waals surface area contributed by atoms with Crippen LogP contribution in [0.1, 0.15) is 38.5 Å². The summed E-state index contributed by atoms with van der Waals surface area (Å²) < 4.78 is 68.8. The van der Waals surface area contributed by atoms with Gasteiger partial charge >= 0.3 is 6.61 Å². The molecule has 0 atom stereocenters. The highest BCUT2D eigenvalue weighted by Gasteiger charge is 2.28. The number of nitrogens with one attached hydrogen (secondary N) is 1. The molecule has 0 unspecified atom stereocenters. The third-order valence-electron chi connectivity index (χ3n) is 4.14. The Bertz CT molecular complexity index is 666. The molecule has 1 aliphatic rings. The van der Waals surface area contributed by atoms with Gasteiger partial charge < -0.3 is 10.5 Å². The van der Waals surface area contributed by atoms with E-state index in [1.807, 2.05) is 0 Å². The van der Waals surface area contributed by atoms with Crippen molar-refractivity contribution in [2.75, 3.05) is 6.54 Å². The molecule has 1 aromatic rings. The van der Waals surface area contributed by atoms with E-state index in [2.05, 4.69) is 9.46 Å². The van der Waals surface area contributed by atoms with E-state index in [0.29, 0.717) is 18.9 Å². The summed E-state index contributed by atoms with van der Waals surface area (Å²) in [6.07, 6.45) is 5.44. The first-order chi connectivity index (χ1) is 11.2. The molecule has 0 aliphatic heterocycles. The standard InChI is InChI=1S/C15H21F3N2O3S.ClH/c16-12-9-11(5-6-13(12)23-14(17)18)24(21,22)20-10-15(19)7-3-1-2-4-8-15;/h5-6,9,14,20H,1-4,7-8,10,19H2;1H. The average molecular weight is 403 g/mol. The minimum Gasteiger partial charge on any atom is -0.432 e. The molecule has 1 fully saturated rings. The van der Waals surface area contributed by atoms with Crippen molar-refractivity contribution in [2.45, 2.75) is 55.6 Å². The Balaban J connectivity index is 0.00000312. The van der Waals surface area contributed by atoms with E-state index in [4.69, 9.17) is 5.73 Å². The molecular formula is C15H22ClF3N2O3S. The van der Waals surface area contributed by atoms with Crippen LogP contribution in [0.15, 0.2) is 23.1 Å². The summed E-state index contributed by atoms with van der Waals surface area (Å²) >= 11 is 0. The maximum atomic E-state index is 13.7. The molecule has 0 heterocycles. The fourth-order valence-electron chi connectivity index (χ4n) is 2.77. The lowest BCUT2D eigenvalue weighted by atomic mass is 9.92. The number of halogens is 4. The van der Waals surface area contributed by atoms with Gasteiger partial charge in [0.2, 0.25) is 10.0 Å². The third-order valence-corrected chi connectivity index (χ3v) is 5.54. The van der Waals surface area contributed by atoms with E-state index in [0.717, 1.165) is 37.8 Å². The number of hydrogen-bond acceptors (Lipinski definition) is 4. The van der Waals surface area contributed by atoms with Gasteiger partial charge in [-0.3, -0.25) is 0 Å². The summed E-state index contributed by atoms with van der Waals surface area (Å²) in [6.45, 7) is -3.14. The maximum Gasteiger partial charge on any atom is 0.387 e. The van der Waals surface area contributed by atoms with Crippen LogP contribution in [0.2, 0.25) is 0 Å². The first-order valence-electron chi connectivity index (χ1n) is 7.75. The molecule has 0 saturated heterocycles. The normalized spacial score (nSPS) is 17.6. The Kier molecular flexibility index (Phi) is 7.98. The minimum atomic E-state index is -3.99.